The van der Waals surface area contributed by atoms with E-state index >= 15 is 0 Å². The molecule has 0 aliphatic carbocycles. The monoisotopic (exact) mass is 461 g/mol. The fourth-order valence-electron chi connectivity index (χ4n) is 4.62. The van der Waals surface area contributed by atoms with Crippen molar-refractivity contribution in [3.05, 3.63) is 140 Å². The SMILES string of the molecule is c1ccc(-c2nc(-c3ccccn3)c(-c3ccccn3)c(-c3ccccc3)c2-c2ccccc2)cc1. The van der Waals surface area contributed by atoms with E-state index < -0.39 is 0 Å². The van der Waals surface area contributed by atoms with Crippen LogP contribution in [0.1, 0.15) is 0 Å². The average Bonchev–Trinajstić information content (AvgIpc) is 2.98. The second kappa shape index (κ2) is 9.77. The lowest BCUT2D eigenvalue weighted by atomic mass is 9.85. The Labute approximate surface area is 210 Å². The molecule has 0 atom stereocenters. The van der Waals surface area contributed by atoms with Crippen LogP contribution in [0.2, 0.25) is 0 Å². The first kappa shape index (κ1) is 21.6. The van der Waals surface area contributed by atoms with Crippen LogP contribution in [0.4, 0.5) is 0 Å². The first-order valence-electron chi connectivity index (χ1n) is 12.0. The number of pyridine rings is 3. The summed E-state index contributed by atoms with van der Waals surface area (Å²) in [7, 11) is 0. The standard InChI is InChI=1S/C33H23N3/c1-4-14-24(15-5-1)29-30(25-16-6-2-7-17-25)32(26-18-8-3-9-19-26)36-33(28-21-11-13-23-35-28)31(29)27-20-10-12-22-34-27/h1-23H. The number of rotatable bonds is 5. The van der Waals surface area contributed by atoms with E-state index in [-0.39, 0.29) is 0 Å². The molecule has 3 heteroatoms. The van der Waals surface area contributed by atoms with Gasteiger partial charge in [0.2, 0.25) is 0 Å². The highest BCUT2D eigenvalue weighted by Crippen LogP contribution is 2.47. The number of hydrogen-bond acceptors (Lipinski definition) is 3. The molecule has 0 radical (unpaired) electrons. The van der Waals surface area contributed by atoms with Gasteiger partial charge in [-0.25, -0.2) is 4.98 Å². The second-order valence-electron chi connectivity index (χ2n) is 8.46. The highest BCUT2D eigenvalue weighted by Gasteiger charge is 2.25. The first-order chi connectivity index (χ1) is 17.9. The molecular weight excluding hydrogens is 438 g/mol. The highest BCUT2D eigenvalue weighted by molar-refractivity contribution is 6.03. The molecule has 0 aliphatic heterocycles. The Kier molecular flexibility index (Phi) is 5.87. The highest BCUT2D eigenvalue weighted by atomic mass is 14.8. The zero-order valence-corrected chi connectivity index (χ0v) is 19.6. The van der Waals surface area contributed by atoms with Crippen LogP contribution in [0, 0.1) is 0 Å². The average molecular weight is 462 g/mol. The number of aromatic nitrogens is 3. The minimum absolute atomic E-state index is 0.812. The van der Waals surface area contributed by atoms with Crippen molar-refractivity contribution < 1.29 is 0 Å². The van der Waals surface area contributed by atoms with Crippen LogP contribution in [0.15, 0.2) is 140 Å². The largest absolute Gasteiger partial charge is 0.256 e. The van der Waals surface area contributed by atoms with E-state index in [4.69, 9.17) is 15.0 Å². The molecule has 0 aliphatic rings. The fourth-order valence-corrected chi connectivity index (χ4v) is 4.62. The lowest BCUT2D eigenvalue weighted by Crippen LogP contribution is -2.02. The summed E-state index contributed by atoms with van der Waals surface area (Å²) in [5, 5.41) is 0. The van der Waals surface area contributed by atoms with Gasteiger partial charge < -0.3 is 0 Å². The van der Waals surface area contributed by atoms with Crippen molar-refractivity contribution in [2.24, 2.45) is 0 Å². The van der Waals surface area contributed by atoms with Gasteiger partial charge in [0, 0.05) is 34.6 Å². The van der Waals surface area contributed by atoms with Crippen LogP contribution >= 0.6 is 0 Å². The van der Waals surface area contributed by atoms with Gasteiger partial charge in [0.25, 0.3) is 0 Å². The smallest absolute Gasteiger partial charge is 0.0994 e. The Morgan fingerprint density at radius 2 is 0.806 bits per heavy atom. The van der Waals surface area contributed by atoms with Crippen LogP contribution in [0.5, 0.6) is 0 Å². The Bertz CT molecular complexity index is 1480. The molecule has 0 saturated heterocycles. The van der Waals surface area contributed by atoms with Crippen LogP contribution in [0.25, 0.3) is 56.2 Å². The van der Waals surface area contributed by atoms with Gasteiger partial charge >= 0.3 is 0 Å². The lowest BCUT2D eigenvalue weighted by Gasteiger charge is -2.22. The third-order valence-corrected chi connectivity index (χ3v) is 6.20. The van der Waals surface area contributed by atoms with Crippen LogP contribution < -0.4 is 0 Å². The predicted octanol–water partition coefficient (Wildman–Crippen LogP) is 8.21. The van der Waals surface area contributed by atoms with Gasteiger partial charge in [0.05, 0.1) is 22.8 Å². The van der Waals surface area contributed by atoms with Crippen molar-refractivity contribution in [3.8, 4) is 56.2 Å². The summed E-state index contributed by atoms with van der Waals surface area (Å²) in [6, 6.07) is 43.4. The fraction of sp³-hybridized carbons (Fsp3) is 0. The molecule has 3 heterocycles. The molecule has 6 aromatic rings. The molecule has 0 amide bonds. The van der Waals surface area contributed by atoms with Gasteiger partial charge in [-0.05, 0) is 35.4 Å². The molecule has 0 unspecified atom stereocenters. The third-order valence-electron chi connectivity index (χ3n) is 6.20. The zero-order chi connectivity index (χ0) is 24.2. The third kappa shape index (κ3) is 4.08. The molecule has 3 aromatic heterocycles. The summed E-state index contributed by atoms with van der Waals surface area (Å²) in [6.07, 6.45) is 3.65. The van der Waals surface area contributed by atoms with E-state index in [0.717, 1.165) is 56.2 Å². The van der Waals surface area contributed by atoms with Crippen molar-refractivity contribution >= 4 is 0 Å². The normalized spacial score (nSPS) is 10.8. The van der Waals surface area contributed by atoms with Crippen molar-refractivity contribution in [1.29, 1.82) is 0 Å². The molecule has 170 valence electrons. The van der Waals surface area contributed by atoms with Gasteiger partial charge in [0.1, 0.15) is 0 Å². The molecule has 0 saturated carbocycles. The van der Waals surface area contributed by atoms with Crippen LogP contribution in [-0.4, -0.2) is 15.0 Å². The first-order valence-corrected chi connectivity index (χ1v) is 12.0. The van der Waals surface area contributed by atoms with E-state index in [0.29, 0.717) is 0 Å². The molecular formula is C33H23N3. The minimum atomic E-state index is 0.812. The summed E-state index contributed by atoms with van der Waals surface area (Å²) in [5.41, 5.74) is 9.81. The van der Waals surface area contributed by atoms with E-state index in [2.05, 4.69) is 72.8 Å². The number of hydrogen-bond donors (Lipinski definition) is 0. The predicted molar refractivity (Wildman–Crippen MR) is 147 cm³/mol. The maximum Gasteiger partial charge on any atom is 0.0994 e. The van der Waals surface area contributed by atoms with Gasteiger partial charge in [-0.15, -0.1) is 0 Å². The van der Waals surface area contributed by atoms with Crippen molar-refractivity contribution in [2.45, 2.75) is 0 Å². The maximum atomic E-state index is 5.35. The Balaban J connectivity index is 1.84. The molecule has 3 aromatic carbocycles. The number of nitrogens with zero attached hydrogens (tertiary/aromatic N) is 3. The molecule has 6 rings (SSSR count). The quantitative estimate of drug-likeness (QED) is 0.260. The summed E-state index contributed by atoms with van der Waals surface area (Å²) in [5.74, 6) is 0. The van der Waals surface area contributed by atoms with E-state index in [9.17, 15) is 0 Å². The summed E-state index contributed by atoms with van der Waals surface area (Å²) in [6.45, 7) is 0. The molecule has 36 heavy (non-hydrogen) atoms. The maximum absolute atomic E-state index is 5.35. The molecule has 0 spiro atoms. The Morgan fingerprint density at radius 1 is 0.333 bits per heavy atom. The summed E-state index contributed by atoms with van der Waals surface area (Å²) in [4.78, 5) is 14.9. The van der Waals surface area contributed by atoms with Crippen molar-refractivity contribution in [1.82, 2.24) is 15.0 Å². The summed E-state index contributed by atoms with van der Waals surface area (Å²) < 4.78 is 0. The molecule has 0 bridgehead atoms. The van der Waals surface area contributed by atoms with Crippen LogP contribution in [0.3, 0.4) is 0 Å². The topological polar surface area (TPSA) is 38.7 Å². The lowest BCUT2D eigenvalue weighted by molar-refractivity contribution is 1.23. The van der Waals surface area contributed by atoms with Crippen LogP contribution in [-0.2, 0) is 0 Å². The minimum Gasteiger partial charge on any atom is -0.256 e. The Morgan fingerprint density at radius 3 is 1.33 bits per heavy atom. The summed E-state index contributed by atoms with van der Waals surface area (Å²) >= 11 is 0. The van der Waals surface area contributed by atoms with E-state index in [1.165, 1.54) is 0 Å². The van der Waals surface area contributed by atoms with Crippen molar-refractivity contribution in [3.63, 3.8) is 0 Å². The van der Waals surface area contributed by atoms with Crippen molar-refractivity contribution in [2.75, 3.05) is 0 Å². The van der Waals surface area contributed by atoms with E-state index in [1.807, 2.05) is 67.0 Å². The zero-order valence-electron chi connectivity index (χ0n) is 19.6. The van der Waals surface area contributed by atoms with Gasteiger partial charge in [0.15, 0.2) is 0 Å². The Hall–Kier alpha value is -4.89. The molecule has 0 fully saturated rings. The number of benzene rings is 3. The molecule has 0 N–H and O–H groups in total. The van der Waals surface area contributed by atoms with Gasteiger partial charge in [-0.1, -0.05) is 103 Å². The van der Waals surface area contributed by atoms with Gasteiger partial charge in [-0.3, -0.25) is 9.97 Å². The second-order valence-corrected chi connectivity index (χ2v) is 8.46. The molecule has 3 nitrogen and oxygen atoms in total. The van der Waals surface area contributed by atoms with E-state index in [1.54, 1.807) is 0 Å². The van der Waals surface area contributed by atoms with Gasteiger partial charge in [-0.2, -0.15) is 0 Å².